The largest absolute Gasteiger partial charge is 0.490 e. The van der Waals surface area contributed by atoms with Gasteiger partial charge in [0.05, 0.1) is 0 Å². The summed E-state index contributed by atoms with van der Waals surface area (Å²) in [6, 6.07) is 10.4. The van der Waals surface area contributed by atoms with Gasteiger partial charge in [0.15, 0.2) is 0 Å². The first-order chi connectivity index (χ1) is 14.1. The molecule has 0 spiro atoms. The molecule has 0 N–H and O–H groups in total. The van der Waals surface area contributed by atoms with Gasteiger partial charge in [-0.05, 0) is 92.6 Å². The van der Waals surface area contributed by atoms with Crippen LogP contribution >= 0.6 is 0 Å². The van der Waals surface area contributed by atoms with Gasteiger partial charge in [-0.2, -0.15) is 0 Å². The van der Waals surface area contributed by atoms with Crippen molar-refractivity contribution in [3.63, 3.8) is 0 Å². The van der Waals surface area contributed by atoms with Gasteiger partial charge in [0.2, 0.25) is 0 Å². The van der Waals surface area contributed by atoms with Crippen LogP contribution in [0.2, 0.25) is 0 Å². The molecule has 0 bridgehead atoms. The van der Waals surface area contributed by atoms with Crippen molar-refractivity contribution >= 4 is 0 Å². The molecule has 0 aliphatic heterocycles. The third kappa shape index (κ3) is 6.25. The Kier molecular flexibility index (Phi) is 8.94. The second-order valence-corrected chi connectivity index (χ2v) is 10.3. The Balaban J connectivity index is 1.45. The molecule has 164 valence electrons. The van der Waals surface area contributed by atoms with Crippen LogP contribution in [0.25, 0.3) is 0 Å². The van der Waals surface area contributed by atoms with E-state index in [1.165, 1.54) is 64.2 Å². The summed E-state index contributed by atoms with van der Waals surface area (Å²) < 4.78 is 6.38. The fourth-order valence-electron chi connectivity index (χ4n) is 6.53. The minimum Gasteiger partial charge on any atom is -0.490 e. The van der Waals surface area contributed by atoms with Crippen LogP contribution in [0.5, 0.6) is 5.75 Å². The highest BCUT2D eigenvalue weighted by atomic mass is 16.5. The van der Waals surface area contributed by atoms with E-state index in [2.05, 4.69) is 58.0 Å². The smallest absolute Gasteiger partial charge is 0.119 e. The predicted molar refractivity (Wildman–Crippen MR) is 125 cm³/mol. The van der Waals surface area contributed by atoms with Crippen LogP contribution in [0, 0.1) is 35.5 Å². The van der Waals surface area contributed by atoms with Gasteiger partial charge in [-0.15, -0.1) is 0 Å². The molecule has 3 atom stereocenters. The van der Waals surface area contributed by atoms with Crippen LogP contribution in [-0.2, 0) is 0 Å². The molecule has 3 unspecified atom stereocenters. The number of rotatable bonds is 9. The SMILES string of the molecule is CCCC1CCC(C(C)C2CCC(C(C)C(CC)Oc3ccccc3)CC2)CC1. The maximum atomic E-state index is 6.38. The van der Waals surface area contributed by atoms with E-state index < -0.39 is 0 Å². The van der Waals surface area contributed by atoms with Gasteiger partial charge in [0.25, 0.3) is 0 Å². The van der Waals surface area contributed by atoms with Crippen LogP contribution in [0.15, 0.2) is 30.3 Å². The lowest BCUT2D eigenvalue weighted by Crippen LogP contribution is -2.34. The number of hydrogen-bond acceptors (Lipinski definition) is 1. The number of para-hydroxylation sites is 1. The van der Waals surface area contributed by atoms with E-state index in [1.807, 2.05) is 0 Å². The Labute approximate surface area is 181 Å². The van der Waals surface area contributed by atoms with Crippen LogP contribution < -0.4 is 4.74 Å². The highest BCUT2D eigenvalue weighted by Crippen LogP contribution is 2.44. The van der Waals surface area contributed by atoms with Crippen molar-refractivity contribution in [3.05, 3.63) is 30.3 Å². The van der Waals surface area contributed by atoms with E-state index in [0.29, 0.717) is 12.0 Å². The molecule has 0 heterocycles. The lowest BCUT2D eigenvalue weighted by atomic mass is 9.65. The van der Waals surface area contributed by atoms with E-state index in [-0.39, 0.29) is 0 Å². The molecule has 2 saturated carbocycles. The second-order valence-electron chi connectivity index (χ2n) is 10.3. The van der Waals surface area contributed by atoms with E-state index in [0.717, 1.165) is 41.8 Å². The Morgan fingerprint density at radius 2 is 1.34 bits per heavy atom. The molecule has 0 saturated heterocycles. The summed E-state index contributed by atoms with van der Waals surface area (Å²) in [5.41, 5.74) is 0. The van der Waals surface area contributed by atoms with Crippen LogP contribution in [0.3, 0.4) is 0 Å². The van der Waals surface area contributed by atoms with Crippen molar-refractivity contribution in [1.29, 1.82) is 0 Å². The topological polar surface area (TPSA) is 9.23 Å². The average Bonchev–Trinajstić information content (AvgIpc) is 2.78. The molecule has 29 heavy (non-hydrogen) atoms. The average molecular weight is 399 g/mol. The quantitative estimate of drug-likeness (QED) is 0.405. The third-order valence-corrected chi connectivity index (χ3v) is 8.66. The molecular formula is C28H46O. The zero-order valence-electron chi connectivity index (χ0n) is 19.6. The van der Waals surface area contributed by atoms with Crippen LogP contribution in [0.1, 0.15) is 98.3 Å². The molecule has 0 radical (unpaired) electrons. The fraction of sp³-hybridized carbons (Fsp3) is 0.786. The lowest BCUT2D eigenvalue weighted by Gasteiger charge is -2.41. The predicted octanol–water partition coefficient (Wildman–Crippen LogP) is 8.53. The molecule has 2 aliphatic carbocycles. The molecule has 3 rings (SSSR count). The normalized spacial score (nSPS) is 31.0. The zero-order valence-corrected chi connectivity index (χ0v) is 19.6. The van der Waals surface area contributed by atoms with E-state index in [4.69, 9.17) is 4.74 Å². The van der Waals surface area contributed by atoms with E-state index in [9.17, 15) is 0 Å². The summed E-state index contributed by atoms with van der Waals surface area (Å²) in [6.07, 6.45) is 16.0. The van der Waals surface area contributed by atoms with Gasteiger partial charge in [-0.1, -0.05) is 71.6 Å². The maximum absolute atomic E-state index is 6.38. The Hall–Kier alpha value is -0.980. The monoisotopic (exact) mass is 398 g/mol. The van der Waals surface area contributed by atoms with Gasteiger partial charge in [0.1, 0.15) is 11.9 Å². The van der Waals surface area contributed by atoms with Gasteiger partial charge < -0.3 is 4.74 Å². The molecule has 2 aliphatic rings. The van der Waals surface area contributed by atoms with Crippen molar-refractivity contribution < 1.29 is 4.74 Å². The van der Waals surface area contributed by atoms with Crippen molar-refractivity contribution in [2.24, 2.45) is 35.5 Å². The summed E-state index contributed by atoms with van der Waals surface area (Å²) in [4.78, 5) is 0. The lowest BCUT2D eigenvalue weighted by molar-refractivity contribution is 0.0605. The van der Waals surface area contributed by atoms with Crippen molar-refractivity contribution in [2.75, 3.05) is 0 Å². The minimum atomic E-state index is 0.352. The standard InChI is InChI=1S/C28H46O/c1-5-10-23-13-15-24(16-14-23)21(3)25-17-19-26(20-18-25)22(4)28(6-2)29-27-11-8-7-9-12-27/h7-9,11-12,21-26,28H,5-6,10,13-20H2,1-4H3. The number of benzene rings is 1. The zero-order chi connectivity index (χ0) is 20.6. The second kappa shape index (κ2) is 11.4. The molecular weight excluding hydrogens is 352 g/mol. The summed E-state index contributed by atoms with van der Waals surface area (Å²) >= 11 is 0. The van der Waals surface area contributed by atoms with Crippen LogP contribution in [0.4, 0.5) is 0 Å². The van der Waals surface area contributed by atoms with Crippen molar-refractivity contribution in [1.82, 2.24) is 0 Å². The first-order valence-corrected chi connectivity index (χ1v) is 12.8. The molecule has 1 heteroatoms. The Morgan fingerprint density at radius 3 is 1.90 bits per heavy atom. The molecule has 0 aromatic heterocycles. The fourth-order valence-corrected chi connectivity index (χ4v) is 6.53. The first kappa shape index (κ1) is 22.7. The number of ether oxygens (including phenoxy) is 1. The Morgan fingerprint density at radius 1 is 0.793 bits per heavy atom. The van der Waals surface area contributed by atoms with E-state index >= 15 is 0 Å². The van der Waals surface area contributed by atoms with Gasteiger partial charge in [0, 0.05) is 0 Å². The summed E-state index contributed by atoms with van der Waals surface area (Å²) in [5, 5.41) is 0. The summed E-state index contributed by atoms with van der Waals surface area (Å²) in [5.74, 6) is 6.49. The van der Waals surface area contributed by atoms with Gasteiger partial charge in [-0.25, -0.2) is 0 Å². The molecule has 0 amide bonds. The molecule has 1 nitrogen and oxygen atoms in total. The first-order valence-electron chi connectivity index (χ1n) is 12.8. The highest BCUT2D eigenvalue weighted by molar-refractivity contribution is 5.21. The molecule has 2 fully saturated rings. The minimum absolute atomic E-state index is 0.352. The third-order valence-electron chi connectivity index (χ3n) is 8.66. The molecule has 1 aromatic carbocycles. The summed E-state index contributed by atoms with van der Waals surface area (Å²) in [7, 11) is 0. The highest BCUT2D eigenvalue weighted by Gasteiger charge is 2.35. The van der Waals surface area contributed by atoms with Crippen molar-refractivity contribution in [2.45, 2.75) is 104 Å². The maximum Gasteiger partial charge on any atom is 0.119 e. The van der Waals surface area contributed by atoms with Gasteiger partial charge >= 0.3 is 0 Å². The molecule has 1 aromatic rings. The van der Waals surface area contributed by atoms with Crippen molar-refractivity contribution in [3.8, 4) is 5.75 Å². The Bertz CT molecular complexity index is 551. The summed E-state index contributed by atoms with van der Waals surface area (Å²) in [6.45, 7) is 9.67. The number of hydrogen-bond donors (Lipinski definition) is 0. The van der Waals surface area contributed by atoms with Gasteiger partial charge in [-0.3, -0.25) is 0 Å². The van der Waals surface area contributed by atoms with Crippen LogP contribution in [-0.4, -0.2) is 6.10 Å². The van der Waals surface area contributed by atoms with E-state index in [1.54, 1.807) is 0 Å².